The van der Waals surface area contributed by atoms with Gasteiger partial charge in [0.05, 0.1) is 0 Å². The molecule has 0 aliphatic carbocycles. The van der Waals surface area contributed by atoms with Crippen LogP contribution in [-0.2, 0) is 5.60 Å². The van der Waals surface area contributed by atoms with Gasteiger partial charge in [0.15, 0.2) is 0 Å². The third-order valence-corrected chi connectivity index (χ3v) is 3.55. The van der Waals surface area contributed by atoms with Crippen LogP contribution >= 0.6 is 12.4 Å². The lowest BCUT2D eigenvalue weighted by molar-refractivity contribution is 0.0840. The molecule has 2 aromatic rings. The van der Waals surface area contributed by atoms with Gasteiger partial charge in [0.25, 0.3) is 0 Å². The van der Waals surface area contributed by atoms with Crippen LogP contribution in [0.3, 0.4) is 0 Å². The van der Waals surface area contributed by atoms with Gasteiger partial charge in [0.2, 0.25) is 0 Å². The zero-order valence-corrected chi connectivity index (χ0v) is 14.0. The van der Waals surface area contributed by atoms with Crippen molar-refractivity contribution in [2.75, 3.05) is 20.6 Å². The Kier molecular flexibility index (Phi) is 7.33. The van der Waals surface area contributed by atoms with Crippen molar-refractivity contribution in [3.8, 4) is 0 Å². The highest BCUT2D eigenvalue weighted by atomic mass is 35.5. The quantitative estimate of drug-likeness (QED) is 0.818. The number of likely N-dealkylation sites (N-methyl/N-ethyl adjacent to an activating group) is 1. The molecule has 0 aliphatic heterocycles. The average Bonchev–Trinajstić information content (AvgIpc) is 2.53. The Morgan fingerprint density at radius 2 is 1.32 bits per heavy atom. The summed E-state index contributed by atoms with van der Waals surface area (Å²) in [4.78, 5) is 2.10. The predicted octanol–water partition coefficient (Wildman–Crippen LogP) is 3.85. The van der Waals surface area contributed by atoms with Crippen molar-refractivity contribution in [1.29, 1.82) is 0 Å². The number of aliphatic hydroxyl groups is 1. The second kappa shape index (κ2) is 8.74. The van der Waals surface area contributed by atoms with Crippen LogP contribution < -0.4 is 0 Å². The molecule has 1 N–H and O–H groups in total. The Morgan fingerprint density at radius 1 is 0.864 bits per heavy atom. The summed E-state index contributed by atoms with van der Waals surface area (Å²) in [5.74, 6) is 0. The lowest BCUT2D eigenvalue weighted by atomic mass is 9.83. The lowest BCUT2D eigenvalue weighted by Crippen LogP contribution is -2.26. The molecular weight excluding hydrogens is 294 g/mol. The van der Waals surface area contributed by atoms with Crippen LogP contribution in [0.15, 0.2) is 72.8 Å². The van der Waals surface area contributed by atoms with Crippen molar-refractivity contribution in [1.82, 2.24) is 4.90 Å². The zero-order chi connectivity index (χ0) is 15.1. The fourth-order valence-electron chi connectivity index (χ4n) is 2.37. The van der Waals surface area contributed by atoms with E-state index in [0.29, 0.717) is 6.42 Å². The van der Waals surface area contributed by atoms with Gasteiger partial charge >= 0.3 is 0 Å². The zero-order valence-electron chi connectivity index (χ0n) is 13.1. The van der Waals surface area contributed by atoms with Gasteiger partial charge in [0, 0.05) is 13.0 Å². The van der Waals surface area contributed by atoms with E-state index >= 15 is 0 Å². The molecular formula is C19H24ClNO. The highest BCUT2D eigenvalue weighted by Crippen LogP contribution is 2.33. The van der Waals surface area contributed by atoms with Crippen LogP contribution in [0.5, 0.6) is 0 Å². The Balaban J connectivity index is 0.00000242. The average molecular weight is 318 g/mol. The Labute approximate surface area is 139 Å². The van der Waals surface area contributed by atoms with Gasteiger partial charge in [-0.15, -0.1) is 12.4 Å². The third kappa shape index (κ3) is 4.70. The van der Waals surface area contributed by atoms with Gasteiger partial charge in [-0.1, -0.05) is 72.8 Å². The molecule has 3 heteroatoms. The fourth-order valence-corrected chi connectivity index (χ4v) is 2.37. The summed E-state index contributed by atoms with van der Waals surface area (Å²) in [6.07, 6.45) is 4.71. The van der Waals surface area contributed by atoms with E-state index in [0.717, 1.165) is 17.7 Å². The van der Waals surface area contributed by atoms with Gasteiger partial charge in [-0.2, -0.15) is 0 Å². The Bertz CT molecular complexity index is 527. The van der Waals surface area contributed by atoms with Gasteiger partial charge in [-0.3, -0.25) is 0 Å². The molecule has 0 fully saturated rings. The van der Waals surface area contributed by atoms with Crippen molar-refractivity contribution < 1.29 is 5.11 Å². The predicted molar refractivity (Wildman–Crippen MR) is 95.4 cm³/mol. The molecule has 0 bridgehead atoms. The molecule has 0 aliphatic rings. The Morgan fingerprint density at radius 3 is 1.73 bits per heavy atom. The molecule has 0 unspecified atom stereocenters. The number of hydrogen-bond donors (Lipinski definition) is 1. The van der Waals surface area contributed by atoms with Crippen LogP contribution in [0, 0.1) is 0 Å². The molecule has 2 aromatic carbocycles. The van der Waals surface area contributed by atoms with Crippen molar-refractivity contribution in [2.45, 2.75) is 12.0 Å². The second-order valence-electron chi connectivity index (χ2n) is 5.53. The van der Waals surface area contributed by atoms with E-state index in [9.17, 15) is 5.11 Å². The molecule has 0 saturated carbocycles. The molecule has 0 heterocycles. The molecule has 0 amide bonds. The minimum atomic E-state index is -0.981. The molecule has 0 radical (unpaired) electrons. The van der Waals surface area contributed by atoms with E-state index in [1.54, 1.807) is 0 Å². The van der Waals surface area contributed by atoms with Crippen LogP contribution in [-0.4, -0.2) is 30.6 Å². The molecule has 118 valence electrons. The molecule has 2 nitrogen and oxygen atoms in total. The lowest BCUT2D eigenvalue weighted by Gasteiger charge is -2.28. The van der Waals surface area contributed by atoms with Crippen LogP contribution in [0.4, 0.5) is 0 Å². The van der Waals surface area contributed by atoms with E-state index in [1.807, 2.05) is 74.8 Å². The minimum Gasteiger partial charge on any atom is -0.380 e. The fraction of sp³-hybridized carbons (Fsp3) is 0.263. The summed E-state index contributed by atoms with van der Waals surface area (Å²) < 4.78 is 0. The summed E-state index contributed by atoms with van der Waals surface area (Å²) in [7, 11) is 4.07. The topological polar surface area (TPSA) is 23.5 Å². The SMILES string of the molecule is CN(C)CC=CCC(O)(c1ccccc1)c1ccccc1.Cl. The maximum Gasteiger partial charge on any atom is 0.118 e. The van der Waals surface area contributed by atoms with Gasteiger partial charge in [-0.25, -0.2) is 0 Å². The molecule has 0 aromatic heterocycles. The molecule has 22 heavy (non-hydrogen) atoms. The van der Waals surface area contributed by atoms with E-state index in [4.69, 9.17) is 0 Å². The number of rotatable bonds is 6. The summed E-state index contributed by atoms with van der Waals surface area (Å²) in [5, 5.41) is 11.3. The summed E-state index contributed by atoms with van der Waals surface area (Å²) in [6.45, 7) is 0.875. The molecule has 2 rings (SSSR count). The first-order chi connectivity index (χ1) is 10.1. The molecule has 0 saturated heterocycles. The smallest absolute Gasteiger partial charge is 0.118 e. The van der Waals surface area contributed by atoms with E-state index in [1.165, 1.54) is 0 Å². The first-order valence-electron chi connectivity index (χ1n) is 7.26. The van der Waals surface area contributed by atoms with Crippen LogP contribution in [0.2, 0.25) is 0 Å². The van der Waals surface area contributed by atoms with E-state index < -0.39 is 5.60 Å². The summed E-state index contributed by atoms with van der Waals surface area (Å²) in [5.41, 5.74) is 0.863. The van der Waals surface area contributed by atoms with Crippen LogP contribution in [0.25, 0.3) is 0 Å². The monoisotopic (exact) mass is 317 g/mol. The van der Waals surface area contributed by atoms with Crippen molar-refractivity contribution in [3.05, 3.63) is 83.9 Å². The summed E-state index contributed by atoms with van der Waals surface area (Å²) in [6, 6.07) is 19.7. The highest BCUT2D eigenvalue weighted by molar-refractivity contribution is 5.85. The van der Waals surface area contributed by atoms with E-state index in [2.05, 4.69) is 17.1 Å². The molecule has 0 atom stereocenters. The highest BCUT2D eigenvalue weighted by Gasteiger charge is 2.29. The van der Waals surface area contributed by atoms with Gasteiger partial charge < -0.3 is 10.0 Å². The molecule has 0 spiro atoms. The van der Waals surface area contributed by atoms with Crippen LogP contribution in [0.1, 0.15) is 17.5 Å². The number of nitrogens with zero attached hydrogens (tertiary/aromatic N) is 1. The standard InChI is InChI=1S/C19H23NO.ClH/c1-20(2)16-10-9-15-19(21,17-11-5-3-6-12-17)18-13-7-4-8-14-18;/h3-14,21H,15-16H2,1-2H3;1H. The first kappa shape index (κ1) is 18.4. The maximum absolute atomic E-state index is 11.3. The maximum atomic E-state index is 11.3. The third-order valence-electron chi connectivity index (χ3n) is 3.55. The van der Waals surface area contributed by atoms with Gasteiger partial charge in [0.1, 0.15) is 5.60 Å². The number of hydrogen-bond acceptors (Lipinski definition) is 2. The number of halogens is 1. The first-order valence-corrected chi connectivity index (χ1v) is 7.26. The minimum absolute atomic E-state index is 0. The number of benzene rings is 2. The normalized spacial score (nSPS) is 11.6. The Hall–Kier alpha value is -1.61. The van der Waals surface area contributed by atoms with Gasteiger partial charge in [-0.05, 0) is 25.2 Å². The second-order valence-corrected chi connectivity index (χ2v) is 5.53. The van der Waals surface area contributed by atoms with Crippen molar-refractivity contribution >= 4 is 12.4 Å². The van der Waals surface area contributed by atoms with Crippen molar-refractivity contribution in [2.24, 2.45) is 0 Å². The van der Waals surface area contributed by atoms with E-state index in [-0.39, 0.29) is 12.4 Å². The largest absolute Gasteiger partial charge is 0.380 e. The summed E-state index contributed by atoms with van der Waals surface area (Å²) >= 11 is 0. The van der Waals surface area contributed by atoms with Crippen molar-refractivity contribution in [3.63, 3.8) is 0 Å².